The average Bonchev–Trinajstić information content (AvgIpc) is 2.75. The largest absolute Gasteiger partial charge is 0.472 e. The molecule has 0 fully saturated rings. The highest BCUT2D eigenvalue weighted by molar-refractivity contribution is 9.10. The molecule has 16 heavy (non-hydrogen) atoms. The maximum atomic E-state index is 13.5. The van der Waals surface area contributed by atoms with Gasteiger partial charge in [-0.2, -0.15) is 0 Å². The van der Waals surface area contributed by atoms with Crippen molar-refractivity contribution < 1.29 is 13.9 Å². The molecule has 0 saturated heterocycles. The lowest BCUT2D eigenvalue weighted by Crippen LogP contribution is -2.02. The molecule has 0 saturated carbocycles. The Balaban J connectivity index is 2.15. The molecule has 0 aliphatic heterocycles. The van der Waals surface area contributed by atoms with E-state index < -0.39 is 6.10 Å². The zero-order valence-electron chi connectivity index (χ0n) is 8.36. The van der Waals surface area contributed by atoms with E-state index in [1.165, 1.54) is 18.6 Å². The van der Waals surface area contributed by atoms with Gasteiger partial charge in [0, 0.05) is 16.5 Å². The van der Waals surface area contributed by atoms with Crippen LogP contribution in [-0.4, -0.2) is 5.11 Å². The van der Waals surface area contributed by atoms with Crippen molar-refractivity contribution in [2.24, 2.45) is 0 Å². The van der Waals surface area contributed by atoms with Gasteiger partial charge >= 0.3 is 0 Å². The summed E-state index contributed by atoms with van der Waals surface area (Å²) < 4.78 is 19.0. The highest BCUT2D eigenvalue weighted by Crippen LogP contribution is 2.22. The highest BCUT2D eigenvalue weighted by atomic mass is 79.9. The second-order valence-electron chi connectivity index (χ2n) is 3.51. The van der Waals surface area contributed by atoms with Crippen LogP contribution in [0.25, 0.3) is 0 Å². The van der Waals surface area contributed by atoms with E-state index in [1.54, 1.807) is 18.2 Å². The second kappa shape index (κ2) is 4.80. The fourth-order valence-electron chi connectivity index (χ4n) is 1.48. The van der Waals surface area contributed by atoms with Gasteiger partial charge in [0.2, 0.25) is 0 Å². The standard InChI is InChI=1S/C12H10BrFO2/c13-10-2-1-8(11(14)6-10)5-12(15)9-3-4-16-7-9/h1-4,6-7,12,15H,5H2. The third-order valence-electron chi connectivity index (χ3n) is 2.36. The van der Waals surface area contributed by atoms with Crippen LogP contribution in [0.15, 0.2) is 45.7 Å². The molecule has 1 atom stereocenters. The van der Waals surface area contributed by atoms with Crippen LogP contribution in [-0.2, 0) is 6.42 Å². The lowest BCUT2D eigenvalue weighted by molar-refractivity contribution is 0.176. The molecule has 2 aromatic rings. The van der Waals surface area contributed by atoms with Crippen LogP contribution in [0.3, 0.4) is 0 Å². The average molecular weight is 285 g/mol. The molecule has 1 heterocycles. The minimum Gasteiger partial charge on any atom is -0.472 e. The molecule has 0 bridgehead atoms. The monoisotopic (exact) mass is 284 g/mol. The summed E-state index contributed by atoms with van der Waals surface area (Å²) in [6.07, 6.45) is 2.44. The van der Waals surface area contributed by atoms with Crippen LogP contribution < -0.4 is 0 Å². The van der Waals surface area contributed by atoms with Gasteiger partial charge in [-0.05, 0) is 23.8 Å². The number of halogens is 2. The first-order valence-electron chi connectivity index (χ1n) is 4.81. The lowest BCUT2D eigenvalue weighted by Gasteiger charge is -2.09. The van der Waals surface area contributed by atoms with E-state index in [1.807, 2.05) is 0 Å². The smallest absolute Gasteiger partial charge is 0.127 e. The number of benzene rings is 1. The van der Waals surface area contributed by atoms with Gasteiger partial charge in [0.25, 0.3) is 0 Å². The Morgan fingerprint density at radius 3 is 2.81 bits per heavy atom. The summed E-state index contributed by atoms with van der Waals surface area (Å²) in [5, 5.41) is 9.82. The predicted octanol–water partition coefficient (Wildman–Crippen LogP) is 3.46. The molecular formula is C12H10BrFO2. The molecule has 2 nitrogen and oxygen atoms in total. The van der Waals surface area contributed by atoms with Gasteiger partial charge in [0.05, 0.1) is 18.6 Å². The number of hydrogen-bond acceptors (Lipinski definition) is 2. The normalized spacial score (nSPS) is 12.7. The summed E-state index contributed by atoms with van der Waals surface area (Å²) in [7, 11) is 0. The molecule has 1 unspecified atom stereocenters. The van der Waals surface area contributed by atoms with Crippen molar-refractivity contribution in [3.63, 3.8) is 0 Å². The Morgan fingerprint density at radius 1 is 1.38 bits per heavy atom. The Kier molecular flexibility index (Phi) is 3.41. The molecule has 4 heteroatoms. The fraction of sp³-hybridized carbons (Fsp3) is 0.167. The SMILES string of the molecule is OC(Cc1ccc(Br)cc1F)c1ccoc1. The van der Waals surface area contributed by atoms with Crippen LogP contribution in [0.1, 0.15) is 17.2 Å². The molecule has 1 N–H and O–H groups in total. The van der Waals surface area contributed by atoms with Crippen molar-refractivity contribution >= 4 is 15.9 Å². The number of aliphatic hydroxyl groups is 1. The van der Waals surface area contributed by atoms with E-state index in [-0.39, 0.29) is 12.2 Å². The number of aliphatic hydroxyl groups excluding tert-OH is 1. The van der Waals surface area contributed by atoms with E-state index in [0.717, 1.165) is 0 Å². The Labute approximate surface area is 101 Å². The predicted molar refractivity (Wildman–Crippen MR) is 61.5 cm³/mol. The summed E-state index contributed by atoms with van der Waals surface area (Å²) in [5.41, 5.74) is 1.14. The van der Waals surface area contributed by atoms with Crippen molar-refractivity contribution in [3.05, 3.63) is 58.2 Å². The van der Waals surface area contributed by atoms with E-state index in [0.29, 0.717) is 15.6 Å². The Bertz CT molecular complexity index is 468. The lowest BCUT2D eigenvalue weighted by atomic mass is 10.0. The summed E-state index contributed by atoms with van der Waals surface area (Å²) in [5.74, 6) is -0.322. The van der Waals surface area contributed by atoms with Gasteiger partial charge in [0.1, 0.15) is 5.82 Å². The van der Waals surface area contributed by atoms with Gasteiger partial charge in [-0.3, -0.25) is 0 Å². The first-order valence-corrected chi connectivity index (χ1v) is 5.60. The van der Waals surface area contributed by atoms with Gasteiger partial charge in [0.15, 0.2) is 0 Å². The second-order valence-corrected chi connectivity index (χ2v) is 4.43. The van der Waals surface area contributed by atoms with Gasteiger partial charge < -0.3 is 9.52 Å². The van der Waals surface area contributed by atoms with Crippen LogP contribution in [0.5, 0.6) is 0 Å². The quantitative estimate of drug-likeness (QED) is 0.937. The molecule has 84 valence electrons. The summed E-state index contributed by atoms with van der Waals surface area (Å²) in [6, 6.07) is 6.46. The zero-order valence-corrected chi connectivity index (χ0v) is 9.95. The number of furan rings is 1. The topological polar surface area (TPSA) is 33.4 Å². The third-order valence-corrected chi connectivity index (χ3v) is 2.85. The first kappa shape index (κ1) is 11.4. The van der Waals surface area contributed by atoms with E-state index in [9.17, 15) is 9.50 Å². The van der Waals surface area contributed by atoms with Gasteiger partial charge in [-0.25, -0.2) is 4.39 Å². The van der Waals surface area contributed by atoms with E-state index >= 15 is 0 Å². The van der Waals surface area contributed by atoms with Crippen LogP contribution in [0, 0.1) is 5.82 Å². The van der Waals surface area contributed by atoms with Gasteiger partial charge in [-0.15, -0.1) is 0 Å². The van der Waals surface area contributed by atoms with Crippen LogP contribution in [0.2, 0.25) is 0 Å². The number of rotatable bonds is 3. The van der Waals surface area contributed by atoms with Crippen molar-refractivity contribution in [1.82, 2.24) is 0 Å². The summed E-state index contributed by atoms with van der Waals surface area (Å²) in [6.45, 7) is 0. The maximum Gasteiger partial charge on any atom is 0.127 e. The van der Waals surface area contributed by atoms with Crippen LogP contribution in [0.4, 0.5) is 4.39 Å². The molecular weight excluding hydrogens is 275 g/mol. The van der Waals surface area contributed by atoms with E-state index in [4.69, 9.17) is 4.42 Å². The van der Waals surface area contributed by atoms with Gasteiger partial charge in [-0.1, -0.05) is 22.0 Å². The molecule has 1 aromatic carbocycles. The van der Waals surface area contributed by atoms with Crippen molar-refractivity contribution in [2.75, 3.05) is 0 Å². The van der Waals surface area contributed by atoms with Crippen molar-refractivity contribution in [2.45, 2.75) is 12.5 Å². The molecule has 0 aliphatic rings. The van der Waals surface area contributed by atoms with Crippen molar-refractivity contribution in [1.29, 1.82) is 0 Å². The van der Waals surface area contributed by atoms with Crippen LogP contribution >= 0.6 is 15.9 Å². The molecule has 1 aromatic heterocycles. The summed E-state index contributed by atoms with van der Waals surface area (Å²) >= 11 is 3.18. The highest BCUT2D eigenvalue weighted by Gasteiger charge is 2.12. The summed E-state index contributed by atoms with van der Waals surface area (Å²) in [4.78, 5) is 0. The molecule has 0 spiro atoms. The molecule has 2 rings (SSSR count). The molecule has 0 amide bonds. The molecule has 0 aliphatic carbocycles. The van der Waals surface area contributed by atoms with Crippen molar-refractivity contribution in [3.8, 4) is 0 Å². The number of hydrogen-bond donors (Lipinski definition) is 1. The minimum atomic E-state index is -0.741. The van der Waals surface area contributed by atoms with E-state index in [2.05, 4.69) is 15.9 Å². The first-order chi connectivity index (χ1) is 7.66. The maximum absolute atomic E-state index is 13.5. The minimum absolute atomic E-state index is 0.235. The Hall–Kier alpha value is -1.13. The fourth-order valence-corrected chi connectivity index (χ4v) is 1.81. The Morgan fingerprint density at radius 2 is 2.19 bits per heavy atom. The molecule has 0 radical (unpaired) electrons. The zero-order chi connectivity index (χ0) is 11.5. The third kappa shape index (κ3) is 2.51.